The molecule has 0 saturated carbocycles. The van der Waals surface area contributed by atoms with Crippen molar-refractivity contribution in [3.05, 3.63) is 0 Å². The second-order valence-electron chi connectivity index (χ2n) is 7.06. The average molecular weight is 295 g/mol. The van der Waals surface area contributed by atoms with Gasteiger partial charge < -0.3 is 15.1 Å². The second-order valence-corrected chi connectivity index (χ2v) is 7.06. The summed E-state index contributed by atoms with van der Waals surface area (Å²) in [4.78, 5) is 17.0. The van der Waals surface area contributed by atoms with E-state index in [0.29, 0.717) is 6.04 Å². The summed E-state index contributed by atoms with van der Waals surface area (Å²) in [5.41, 5.74) is 0. The number of piperidine rings is 2. The van der Waals surface area contributed by atoms with E-state index in [4.69, 9.17) is 0 Å². The number of carbonyl (C=O) groups is 1. The fourth-order valence-corrected chi connectivity index (χ4v) is 3.45. The third kappa shape index (κ3) is 5.95. The number of rotatable bonds is 6. The van der Waals surface area contributed by atoms with Crippen molar-refractivity contribution >= 4 is 5.91 Å². The Morgan fingerprint density at radius 1 is 1.05 bits per heavy atom. The van der Waals surface area contributed by atoms with Crippen LogP contribution in [0.2, 0.25) is 0 Å². The van der Waals surface area contributed by atoms with Crippen molar-refractivity contribution in [1.82, 2.24) is 15.1 Å². The number of hydrogen-bond acceptors (Lipinski definition) is 3. The number of amides is 1. The maximum atomic E-state index is 11.8. The topological polar surface area (TPSA) is 35.6 Å². The molecule has 2 aliphatic rings. The first-order chi connectivity index (χ1) is 10.1. The van der Waals surface area contributed by atoms with Crippen LogP contribution in [0, 0.1) is 5.92 Å². The first kappa shape index (κ1) is 16.8. The van der Waals surface area contributed by atoms with E-state index in [2.05, 4.69) is 15.1 Å². The summed E-state index contributed by atoms with van der Waals surface area (Å²) in [5, 5.41) is 3.20. The lowest BCUT2D eigenvalue weighted by atomic mass is 10.0. The van der Waals surface area contributed by atoms with Crippen LogP contribution in [0.5, 0.6) is 0 Å². The van der Waals surface area contributed by atoms with Crippen molar-refractivity contribution in [1.29, 1.82) is 0 Å². The van der Waals surface area contributed by atoms with Crippen LogP contribution in [0.15, 0.2) is 0 Å². The van der Waals surface area contributed by atoms with Crippen LogP contribution in [0.25, 0.3) is 0 Å². The monoisotopic (exact) mass is 295 g/mol. The highest BCUT2D eigenvalue weighted by molar-refractivity contribution is 5.78. The van der Waals surface area contributed by atoms with E-state index in [1.165, 1.54) is 64.8 Å². The van der Waals surface area contributed by atoms with Gasteiger partial charge >= 0.3 is 0 Å². The lowest BCUT2D eigenvalue weighted by Gasteiger charge is -2.34. The van der Waals surface area contributed by atoms with Gasteiger partial charge in [-0.1, -0.05) is 20.3 Å². The summed E-state index contributed by atoms with van der Waals surface area (Å²) in [6, 6.07) is 0.364. The quantitative estimate of drug-likeness (QED) is 0.815. The zero-order valence-electron chi connectivity index (χ0n) is 13.9. The predicted octanol–water partition coefficient (Wildman–Crippen LogP) is 2.10. The summed E-state index contributed by atoms with van der Waals surface area (Å²) < 4.78 is 0. The number of nitrogens with one attached hydrogen (secondary N) is 1. The molecule has 0 spiro atoms. The van der Waals surface area contributed by atoms with Gasteiger partial charge in [-0.15, -0.1) is 0 Å². The Labute approximate surface area is 130 Å². The molecule has 4 heteroatoms. The minimum Gasteiger partial charge on any atom is -0.352 e. The second kappa shape index (κ2) is 8.74. The van der Waals surface area contributed by atoms with E-state index in [1.54, 1.807) is 0 Å². The van der Waals surface area contributed by atoms with Gasteiger partial charge in [0.1, 0.15) is 0 Å². The molecule has 1 unspecified atom stereocenters. The Morgan fingerprint density at radius 2 is 1.71 bits per heavy atom. The molecule has 2 fully saturated rings. The number of hydrogen-bond donors (Lipinski definition) is 1. The molecule has 0 bridgehead atoms. The average Bonchev–Trinajstić information content (AvgIpc) is 2.48. The van der Waals surface area contributed by atoms with Crippen molar-refractivity contribution in [3.8, 4) is 0 Å². The fourth-order valence-electron chi connectivity index (χ4n) is 3.45. The summed E-state index contributed by atoms with van der Waals surface area (Å²) >= 11 is 0. The maximum Gasteiger partial charge on any atom is 0.222 e. The first-order valence-electron chi connectivity index (χ1n) is 8.90. The minimum absolute atomic E-state index is 0.0967. The molecule has 0 aromatic carbocycles. The molecule has 1 atom stereocenters. The fraction of sp³-hybridized carbons (Fsp3) is 0.941. The van der Waals surface area contributed by atoms with E-state index in [9.17, 15) is 4.79 Å². The van der Waals surface area contributed by atoms with Crippen molar-refractivity contribution in [3.63, 3.8) is 0 Å². The first-order valence-corrected chi connectivity index (χ1v) is 8.90. The van der Waals surface area contributed by atoms with E-state index < -0.39 is 0 Å². The Morgan fingerprint density at radius 3 is 2.43 bits per heavy atom. The third-order valence-corrected chi connectivity index (χ3v) is 4.77. The molecule has 2 aliphatic heterocycles. The maximum absolute atomic E-state index is 11.8. The molecule has 0 aromatic heterocycles. The molecule has 2 heterocycles. The number of likely N-dealkylation sites (tertiary alicyclic amines) is 2. The lowest BCUT2D eigenvalue weighted by Crippen LogP contribution is -2.49. The molecular formula is C17H33N3O. The van der Waals surface area contributed by atoms with Crippen LogP contribution in [0.3, 0.4) is 0 Å². The summed E-state index contributed by atoms with van der Waals surface area (Å²) in [6.45, 7) is 11.2. The normalized spacial score (nSPS) is 25.2. The van der Waals surface area contributed by atoms with E-state index in [0.717, 1.165) is 13.0 Å². The molecule has 1 amide bonds. The van der Waals surface area contributed by atoms with Gasteiger partial charge in [0.15, 0.2) is 0 Å². The van der Waals surface area contributed by atoms with Crippen LogP contribution in [-0.4, -0.2) is 61.0 Å². The highest BCUT2D eigenvalue weighted by Crippen LogP contribution is 2.13. The van der Waals surface area contributed by atoms with Gasteiger partial charge in [-0.05, 0) is 64.8 Å². The zero-order chi connectivity index (χ0) is 15.1. The minimum atomic E-state index is 0.0967. The number of carbonyl (C=O) groups excluding carboxylic acids is 1. The molecule has 0 aliphatic carbocycles. The van der Waals surface area contributed by atoms with Gasteiger partial charge in [0, 0.05) is 18.5 Å². The zero-order valence-corrected chi connectivity index (χ0v) is 13.9. The predicted molar refractivity (Wildman–Crippen MR) is 87.4 cm³/mol. The van der Waals surface area contributed by atoms with Crippen molar-refractivity contribution in [2.24, 2.45) is 5.92 Å². The van der Waals surface area contributed by atoms with Crippen LogP contribution in [0.4, 0.5) is 0 Å². The summed E-state index contributed by atoms with van der Waals surface area (Å²) in [5.74, 6) is 0.301. The third-order valence-electron chi connectivity index (χ3n) is 4.77. The highest BCUT2D eigenvalue weighted by Gasteiger charge is 2.22. The van der Waals surface area contributed by atoms with Crippen LogP contribution < -0.4 is 5.32 Å². The highest BCUT2D eigenvalue weighted by atomic mass is 16.1. The molecular weight excluding hydrogens is 262 g/mol. The standard InChI is InChI=1S/C17H33N3O/c1-15(2)17(21)18-16-8-6-11-20(14-16)13-7-12-19-9-4-3-5-10-19/h15-16H,3-14H2,1-2H3,(H,18,21). The van der Waals surface area contributed by atoms with Crippen molar-refractivity contribution in [2.45, 2.75) is 58.4 Å². The molecule has 1 N–H and O–H groups in total. The van der Waals surface area contributed by atoms with Crippen molar-refractivity contribution < 1.29 is 4.79 Å². The van der Waals surface area contributed by atoms with Gasteiger partial charge in [0.05, 0.1) is 0 Å². The Kier molecular flexibility index (Phi) is 6.97. The van der Waals surface area contributed by atoms with E-state index >= 15 is 0 Å². The van der Waals surface area contributed by atoms with Gasteiger partial charge in [-0.2, -0.15) is 0 Å². The van der Waals surface area contributed by atoms with E-state index in [-0.39, 0.29) is 11.8 Å². The van der Waals surface area contributed by atoms with Gasteiger partial charge in [-0.25, -0.2) is 0 Å². The van der Waals surface area contributed by atoms with Gasteiger partial charge in [0.25, 0.3) is 0 Å². The SMILES string of the molecule is CC(C)C(=O)NC1CCCN(CCCN2CCCCC2)C1. The molecule has 0 aromatic rings. The Bertz CT molecular complexity index is 313. The van der Waals surface area contributed by atoms with Crippen LogP contribution >= 0.6 is 0 Å². The molecule has 122 valence electrons. The number of nitrogens with zero attached hydrogens (tertiary/aromatic N) is 2. The largest absolute Gasteiger partial charge is 0.352 e. The molecule has 21 heavy (non-hydrogen) atoms. The molecule has 4 nitrogen and oxygen atoms in total. The van der Waals surface area contributed by atoms with Crippen LogP contribution in [-0.2, 0) is 4.79 Å². The molecule has 0 radical (unpaired) electrons. The smallest absolute Gasteiger partial charge is 0.222 e. The van der Waals surface area contributed by atoms with Gasteiger partial charge in [0.2, 0.25) is 5.91 Å². The summed E-state index contributed by atoms with van der Waals surface area (Å²) in [6.07, 6.45) is 7.80. The van der Waals surface area contributed by atoms with Gasteiger partial charge in [-0.3, -0.25) is 4.79 Å². The van der Waals surface area contributed by atoms with Crippen molar-refractivity contribution in [2.75, 3.05) is 39.3 Å². The Balaban J connectivity index is 1.63. The summed E-state index contributed by atoms with van der Waals surface area (Å²) in [7, 11) is 0. The van der Waals surface area contributed by atoms with E-state index in [1.807, 2.05) is 13.8 Å². The lowest BCUT2D eigenvalue weighted by molar-refractivity contribution is -0.125. The molecule has 2 saturated heterocycles. The molecule has 2 rings (SSSR count). The van der Waals surface area contributed by atoms with Crippen LogP contribution in [0.1, 0.15) is 52.4 Å². The Hall–Kier alpha value is -0.610.